The molecule has 4 N–H and O–H groups in total. The van der Waals surface area contributed by atoms with Crippen LogP contribution < -0.4 is 21.1 Å². The van der Waals surface area contributed by atoms with Gasteiger partial charge in [-0.1, -0.05) is 0 Å². The van der Waals surface area contributed by atoms with Gasteiger partial charge in [0.05, 0.1) is 7.11 Å². The number of aromatic nitrogens is 2. The lowest BCUT2D eigenvalue weighted by atomic mass is 10.5. The lowest BCUT2D eigenvalue weighted by Gasteiger charge is -2.06. The number of nitrogens with two attached hydrogens (primary N) is 1. The molecule has 0 aliphatic heterocycles. The fourth-order valence-corrected chi connectivity index (χ4v) is 0.924. The predicted molar refractivity (Wildman–Crippen MR) is 54.7 cm³/mol. The number of nitrogens with zero attached hydrogens (tertiary/aromatic N) is 2. The van der Waals surface area contributed by atoms with Crippen LogP contribution in [0.15, 0.2) is 12.4 Å². The molecule has 0 fully saturated rings. The summed E-state index contributed by atoms with van der Waals surface area (Å²) in [6.45, 7) is 0.963. The zero-order chi connectivity index (χ0) is 11.1. The highest BCUT2D eigenvalue weighted by Gasteiger charge is 1.97. The zero-order valence-electron chi connectivity index (χ0n) is 8.36. The molecule has 1 aromatic rings. The topological polar surface area (TPSA) is 102 Å². The first-order valence-electron chi connectivity index (χ1n) is 4.35. The predicted octanol–water partition coefficient (Wildman–Crippen LogP) is -0.435. The first-order valence-corrected chi connectivity index (χ1v) is 4.35. The third-order valence-corrected chi connectivity index (χ3v) is 1.58. The number of methoxy groups -OCH3 is 1. The van der Waals surface area contributed by atoms with Gasteiger partial charge in [0, 0.05) is 19.2 Å². The van der Waals surface area contributed by atoms with E-state index in [1.807, 2.05) is 0 Å². The Hall–Kier alpha value is -2.05. The van der Waals surface area contributed by atoms with Crippen LogP contribution in [0.1, 0.15) is 0 Å². The third-order valence-electron chi connectivity index (χ3n) is 1.58. The number of amides is 2. The minimum Gasteiger partial charge on any atom is -0.481 e. The van der Waals surface area contributed by atoms with Gasteiger partial charge in [0.1, 0.15) is 12.1 Å². The molecule has 7 nitrogen and oxygen atoms in total. The molecule has 0 unspecified atom stereocenters. The number of urea groups is 1. The first kappa shape index (κ1) is 11.0. The Kier molecular flexibility index (Phi) is 4.14. The molecule has 0 bridgehead atoms. The van der Waals surface area contributed by atoms with Gasteiger partial charge < -0.3 is 21.1 Å². The average molecular weight is 211 g/mol. The number of nitrogens with one attached hydrogen (secondary N) is 2. The molecule has 7 heteroatoms. The van der Waals surface area contributed by atoms with Gasteiger partial charge in [-0.05, 0) is 0 Å². The number of carbonyl (C=O) groups excluding carboxylic acids is 1. The highest BCUT2D eigenvalue weighted by molar-refractivity contribution is 5.71. The van der Waals surface area contributed by atoms with Gasteiger partial charge in [-0.25, -0.2) is 14.8 Å². The molecule has 2 amide bonds. The minimum atomic E-state index is -0.544. The van der Waals surface area contributed by atoms with Gasteiger partial charge in [0.15, 0.2) is 0 Å². The van der Waals surface area contributed by atoms with Gasteiger partial charge in [-0.3, -0.25) is 0 Å². The third kappa shape index (κ3) is 4.12. The monoisotopic (exact) mass is 211 g/mol. The Morgan fingerprint density at radius 3 is 3.00 bits per heavy atom. The maximum Gasteiger partial charge on any atom is 0.312 e. The Labute approximate surface area is 87.0 Å². The van der Waals surface area contributed by atoms with Crippen molar-refractivity contribution in [3.8, 4) is 5.88 Å². The molecular formula is C8H13N5O2. The molecule has 82 valence electrons. The van der Waals surface area contributed by atoms with Crippen molar-refractivity contribution >= 4 is 11.8 Å². The molecule has 0 spiro atoms. The number of hydrogen-bond donors (Lipinski definition) is 3. The highest BCUT2D eigenvalue weighted by atomic mass is 16.5. The van der Waals surface area contributed by atoms with E-state index in [-0.39, 0.29) is 0 Å². The van der Waals surface area contributed by atoms with Crippen LogP contribution in [0, 0.1) is 0 Å². The van der Waals surface area contributed by atoms with E-state index in [1.54, 1.807) is 6.07 Å². The molecule has 0 atom stereocenters. The van der Waals surface area contributed by atoms with E-state index >= 15 is 0 Å². The fraction of sp³-hybridized carbons (Fsp3) is 0.375. The van der Waals surface area contributed by atoms with E-state index in [2.05, 4.69) is 20.6 Å². The zero-order valence-corrected chi connectivity index (χ0v) is 8.36. The van der Waals surface area contributed by atoms with Crippen molar-refractivity contribution in [2.24, 2.45) is 5.73 Å². The van der Waals surface area contributed by atoms with Crippen LogP contribution in [0.2, 0.25) is 0 Å². The highest BCUT2D eigenvalue weighted by Crippen LogP contribution is 2.08. The quantitative estimate of drug-likeness (QED) is 0.573. The molecule has 0 aliphatic rings. The van der Waals surface area contributed by atoms with Crippen LogP contribution in [0.25, 0.3) is 0 Å². The molecule has 15 heavy (non-hydrogen) atoms. The van der Waals surface area contributed by atoms with Crippen LogP contribution in [0.5, 0.6) is 5.88 Å². The van der Waals surface area contributed by atoms with Crippen molar-refractivity contribution < 1.29 is 9.53 Å². The summed E-state index contributed by atoms with van der Waals surface area (Å²) in [7, 11) is 1.53. The molecule has 0 saturated carbocycles. The minimum absolute atomic E-state index is 0.432. The Morgan fingerprint density at radius 2 is 2.33 bits per heavy atom. The SMILES string of the molecule is COc1cc(NCCNC(N)=O)ncn1. The van der Waals surface area contributed by atoms with Crippen LogP contribution in [0.4, 0.5) is 10.6 Å². The lowest BCUT2D eigenvalue weighted by molar-refractivity contribution is 0.249. The van der Waals surface area contributed by atoms with Crippen LogP contribution >= 0.6 is 0 Å². The lowest BCUT2D eigenvalue weighted by Crippen LogP contribution is -2.33. The number of carbonyl (C=O) groups is 1. The first-order chi connectivity index (χ1) is 7.22. The van der Waals surface area contributed by atoms with Crippen molar-refractivity contribution in [1.82, 2.24) is 15.3 Å². The molecule has 1 aromatic heterocycles. The van der Waals surface area contributed by atoms with Gasteiger partial charge in [0.25, 0.3) is 0 Å². The van der Waals surface area contributed by atoms with Gasteiger partial charge in [-0.15, -0.1) is 0 Å². The number of primary amides is 1. The van der Waals surface area contributed by atoms with Crippen LogP contribution in [-0.2, 0) is 0 Å². The smallest absolute Gasteiger partial charge is 0.312 e. The normalized spacial score (nSPS) is 9.40. The Balaban J connectivity index is 2.33. The van der Waals surface area contributed by atoms with Gasteiger partial charge in [-0.2, -0.15) is 0 Å². The maximum atomic E-state index is 10.3. The number of ether oxygens (including phenoxy) is 1. The summed E-state index contributed by atoms with van der Waals surface area (Å²) >= 11 is 0. The van der Waals surface area contributed by atoms with Crippen molar-refractivity contribution in [1.29, 1.82) is 0 Å². The van der Waals surface area contributed by atoms with Crippen molar-refractivity contribution in [3.05, 3.63) is 12.4 Å². The fourth-order valence-electron chi connectivity index (χ4n) is 0.924. The molecular weight excluding hydrogens is 198 g/mol. The van der Waals surface area contributed by atoms with E-state index in [0.29, 0.717) is 24.8 Å². The molecule has 0 aromatic carbocycles. The van der Waals surface area contributed by atoms with Crippen molar-refractivity contribution in [2.75, 3.05) is 25.5 Å². The summed E-state index contributed by atoms with van der Waals surface area (Å²) in [6.07, 6.45) is 1.39. The number of hydrogen-bond acceptors (Lipinski definition) is 5. The summed E-state index contributed by atoms with van der Waals surface area (Å²) in [5.74, 6) is 1.11. The van der Waals surface area contributed by atoms with E-state index in [4.69, 9.17) is 10.5 Å². The van der Waals surface area contributed by atoms with E-state index in [1.165, 1.54) is 13.4 Å². The summed E-state index contributed by atoms with van der Waals surface area (Å²) in [4.78, 5) is 18.2. The molecule has 1 heterocycles. The van der Waals surface area contributed by atoms with E-state index in [0.717, 1.165) is 0 Å². The van der Waals surface area contributed by atoms with E-state index in [9.17, 15) is 4.79 Å². The number of rotatable bonds is 5. The largest absolute Gasteiger partial charge is 0.481 e. The summed E-state index contributed by atoms with van der Waals surface area (Å²) < 4.78 is 4.92. The average Bonchev–Trinajstić information content (AvgIpc) is 2.24. The standard InChI is InChI=1S/C8H13N5O2/c1-15-7-4-6(12-5-13-7)10-2-3-11-8(9)14/h4-5H,2-3H2,1H3,(H3,9,11,14)(H,10,12,13). The van der Waals surface area contributed by atoms with Gasteiger partial charge >= 0.3 is 6.03 Å². The molecule has 1 rings (SSSR count). The molecule has 0 saturated heterocycles. The van der Waals surface area contributed by atoms with Crippen molar-refractivity contribution in [2.45, 2.75) is 0 Å². The van der Waals surface area contributed by atoms with Gasteiger partial charge in [0.2, 0.25) is 5.88 Å². The second kappa shape index (κ2) is 5.63. The molecule has 0 radical (unpaired) electrons. The Morgan fingerprint density at radius 1 is 1.53 bits per heavy atom. The second-order valence-corrected chi connectivity index (χ2v) is 2.66. The van der Waals surface area contributed by atoms with Crippen LogP contribution in [0.3, 0.4) is 0 Å². The maximum absolute atomic E-state index is 10.3. The summed E-state index contributed by atoms with van der Waals surface area (Å²) in [6, 6.07) is 1.11. The van der Waals surface area contributed by atoms with Crippen molar-refractivity contribution in [3.63, 3.8) is 0 Å². The van der Waals surface area contributed by atoms with Crippen LogP contribution in [-0.4, -0.2) is 36.2 Å². The number of anilines is 1. The Bertz CT molecular complexity index is 331. The van der Waals surface area contributed by atoms with E-state index < -0.39 is 6.03 Å². The summed E-state index contributed by atoms with van der Waals surface area (Å²) in [5, 5.41) is 5.42. The summed E-state index contributed by atoms with van der Waals surface area (Å²) in [5.41, 5.74) is 4.89. The second-order valence-electron chi connectivity index (χ2n) is 2.66. The molecule has 0 aliphatic carbocycles.